The van der Waals surface area contributed by atoms with Crippen LogP contribution in [0.5, 0.6) is 5.75 Å². The fourth-order valence-electron chi connectivity index (χ4n) is 2.24. The average molecular weight is 272 g/mol. The van der Waals surface area contributed by atoms with E-state index in [1.54, 1.807) is 61.5 Å². The third kappa shape index (κ3) is 2.44. The van der Waals surface area contributed by atoms with Gasteiger partial charge in [0.05, 0.1) is 12.7 Å². The quantitative estimate of drug-likeness (QED) is 0.764. The van der Waals surface area contributed by atoms with Crippen LogP contribution in [0.3, 0.4) is 0 Å². The van der Waals surface area contributed by atoms with E-state index in [4.69, 9.17) is 4.74 Å². The Morgan fingerprint density at radius 3 is 2.30 bits per heavy atom. The second-order valence-corrected chi connectivity index (χ2v) is 4.55. The maximum atomic E-state index is 15.2. The summed E-state index contributed by atoms with van der Waals surface area (Å²) >= 11 is 0. The van der Waals surface area contributed by atoms with Crippen LogP contribution in [0.4, 0.5) is 4.39 Å². The van der Waals surface area contributed by atoms with Gasteiger partial charge in [-0.25, -0.2) is 4.39 Å². The van der Waals surface area contributed by atoms with Gasteiger partial charge in [-0.05, 0) is 24.1 Å². The summed E-state index contributed by atoms with van der Waals surface area (Å²) in [5.41, 5.74) is -1.39. The van der Waals surface area contributed by atoms with Gasteiger partial charge in [0.1, 0.15) is 5.75 Å². The normalized spacial score (nSPS) is 13.6. The van der Waals surface area contributed by atoms with Crippen LogP contribution in [0.25, 0.3) is 0 Å². The van der Waals surface area contributed by atoms with E-state index in [-0.39, 0.29) is 12.0 Å². The van der Waals surface area contributed by atoms with E-state index >= 15 is 4.39 Å². The van der Waals surface area contributed by atoms with Gasteiger partial charge in [0.15, 0.2) is 5.67 Å². The average Bonchev–Trinajstić information content (AvgIpc) is 2.54. The number of carbonyl (C=O) groups is 1. The Balaban J connectivity index is 2.49. The van der Waals surface area contributed by atoms with Crippen molar-refractivity contribution >= 4 is 5.78 Å². The molecule has 2 aromatic carbocycles. The molecule has 0 radical (unpaired) electrons. The van der Waals surface area contributed by atoms with Crippen molar-refractivity contribution in [2.45, 2.75) is 19.0 Å². The molecule has 0 fully saturated rings. The van der Waals surface area contributed by atoms with Crippen LogP contribution < -0.4 is 4.74 Å². The monoisotopic (exact) mass is 272 g/mol. The van der Waals surface area contributed by atoms with Crippen molar-refractivity contribution in [3.8, 4) is 5.75 Å². The summed E-state index contributed by atoms with van der Waals surface area (Å²) in [6.07, 6.45) is 0.0773. The Hall–Kier alpha value is -2.16. The summed E-state index contributed by atoms with van der Waals surface area (Å²) in [6, 6.07) is 15.2. The Kier molecular flexibility index (Phi) is 4.18. The molecule has 0 bridgehead atoms. The highest BCUT2D eigenvalue weighted by molar-refractivity contribution is 6.05. The van der Waals surface area contributed by atoms with Crippen LogP contribution in [0.2, 0.25) is 0 Å². The molecule has 0 aliphatic heterocycles. The van der Waals surface area contributed by atoms with Crippen molar-refractivity contribution in [1.29, 1.82) is 0 Å². The molecule has 2 rings (SSSR count). The lowest BCUT2D eigenvalue weighted by atomic mass is 9.85. The second kappa shape index (κ2) is 5.87. The van der Waals surface area contributed by atoms with Gasteiger partial charge in [0, 0.05) is 0 Å². The van der Waals surface area contributed by atoms with Crippen molar-refractivity contribution in [3.05, 3.63) is 65.7 Å². The maximum absolute atomic E-state index is 15.2. The molecule has 0 aliphatic carbocycles. The molecule has 1 atom stereocenters. The third-order valence-electron chi connectivity index (χ3n) is 3.43. The van der Waals surface area contributed by atoms with E-state index in [9.17, 15) is 4.79 Å². The van der Waals surface area contributed by atoms with E-state index in [1.165, 1.54) is 7.11 Å². The number of alkyl halides is 1. The smallest absolute Gasteiger partial charge is 0.208 e. The van der Waals surface area contributed by atoms with Gasteiger partial charge in [-0.2, -0.15) is 0 Å². The van der Waals surface area contributed by atoms with Crippen molar-refractivity contribution in [2.75, 3.05) is 7.11 Å². The van der Waals surface area contributed by atoms with Gasteiger partial charge >= 0.3 is 0 Å². The van der Waals surface area contributed by atoms with E-state index in [1.807, 2.05) is 0 Å². The molecule has 0 aromatic heterocycles. The topological polar surface area (TPSA) is 26.3 Å². The molecule has 2 aromatic rings. The van der Waals surface area contributed by atoms with Crippen LogP contribution in [-0.2, 0) is 5.67 Å². The van der Waals surface area contributed by atoms with Crippen molar-refractivity contribution in [1.82, 2.24) is 0 Å². The molecule has 0 unspecified atom stereocenters. The lowest BCUT2D eigenvalue weighted by Gasteiger charge is -2.23. The molecular weight excluding hydrogens is 255 g/mol. The van der Waals surface area contributed by atoms with Crippen LogP contribution >= 0.6 is 0 Å². The zero-order chi connectivity index (χ0) is 14.6. The Bertz CT molecular complexity index is 595. The summed E-state index contributed by atoms with van der Waals surface area (Å²) in [5, 5.41) is 0. The summed E-state index contributed by atoms with van der Waals surface area (Å²) in [5.74, 6) is -0.174. The second-order valence-electron chi connectivity index (χ2n) is 4.55. The summed E-state index contributed by atoms with van der Waals surface area (Å²) in [6.45, 7) is 1.67. The number of hydrogen-bond donors (Lipinski definition) is 0. The number of methoxy groups -OCH3 is 1. The van der Waals surface area contributed by atoms with E-state index in [0.29, 0.717) is 11.3 Å². The standard InChI is InChI=1S/C17H17FO2/c1-3-17(18,13-9-5-4-6-10-13)16(19)14-11-7-8-12-15(14)20-2/h4-12H,3H2,1-2H3/t17-/m0/s1. The maximum Gasteiger partial charge on any atom is 0.208 e. The van der Waals surface area contributed by atoms with E-state index < -0.39 is 11.5 Å². The fourth-order valence-corrected chi connectivity index (χ4v) is 2.24. The number of para-hydroxylation sites is 1. The predicted molar refractivity (Wildman–Crippen MR) is 76.8 cm³/mol. The number of hydrogen-bond acceptors (Lipinski definition) is 2. The van der Waals surface area contributed by atoms with Crippen LogP contribution in [0.15, 0.2) is 54.6 Å². The molecule has 20 heavy (non-hydrogen) atoms. The molecule has 0 N–H and O–H groups in total. The molecule has 0 heterocycles. The number of ether oxygens (including phenoxy) is 1. The first-order valence-corrected chi connectivity index (χ1v) is 6.55. The molecule has 0 spiro atoms. The lowest BCUT2D eigenvalue weighted by molar-refractivity contribution is 0.0663. The fraction of sp³-hybridized carbons (Fsp3) is 0.235. The number of benzene rings is 2. The molecule has 0 aliphatic rings. The summed E-state index contributed by atoms with van der Waals surface area (Å²) in [4.78, 5) is 12.6. The SMILES string of the molecule is CC[C@@](F)(C(=O)c1ccccc1OC)c1ccccc1. The number of ketones is 1. The number of rotatable bonds is 5. The molecule has 0 amide bonds. The third-order valence-corrected chi connectivity index (χ3v) is 3.43. The first-order valence-electron chi connectivity index (χ1n) is 6.55. The van der Waals surface area contributed by atoms with Crippen LogP contribution in [0.1, 0.15) is 29.3 Å². The lowest BCUT2D eigenvalue weighted by Crippen LogP contribution is -2.30. The van der Waals surface area contributed by atoms with Gasteiger partial charge in [0.2, 0.25) is 5.78 Å². The molecule has 2 nitrogen and oxygen atoms in total. The van der Waals surface area contributed by atoms with Gasteiger partial charge in [-0.3, -0.25) is 4.79 Å². The first-order chi connectivity index (χ1) is 9.63. The highest BCUT2D eigenvalue weighted by Crippen LogP contribution is 2.35. The van der Waals surface area contributed by atoms with Crippen molar-refractivity contribution in [3.63, 3.8) is 0 Å². The largest absolute Gasteiger partial charge is 0.496 e. The minimum Gasteiger partial charge on any atom is -0.496 e. The Morgan fingerprint density at radius 2 is 1.70 bits per heavy atom. The molecular formula is C17H17FO2. The van der Waals surface area contributed by atoms with Gasteiger partial charge in [-0.1, -0.05) is 49.4 Å². The Morgan fingerprint density at radius 1 is 1.10 bits per heavy atom. The number of Topliss-reactive ketones (excluding diaryl/α,β-unsaturated/α-hetero) is 1. The predicted octanol–water partition coefficient (Wildman–Crippen LogP) is 4.15. The number of halogens is 1. The molecule has 0 saturated heterocycles. The zero-order valence-corrected chi connectivity index (χ0v) is 11.6. The molecule has 104 valence electrons. The van der Waals surface area contributed by atoms with E-state index in [0.717, 1.165) is 0 Å². The summed E-state index contributed by atoms with van der Waals surface area (Å²) in [7, 11) is 1.47. The molecule has 3 heteroatoms. The van der Waals surface area contributed by atoms with Gasteiger partial charge in [-0.15, -0.1) is 0 Å². The van der Waals surface area contributed by atoms with Gasteiger partial charge < -0.3 is 4.74 Å². The first kappa shape index (κ1) is 14.3. The zero-order valence-electron chi connectivity index (χ0n) is 11.6. The highest BCUT2D eigenvalue weighted by Gasteiger charge is 2.40. The minimum atomic E-state index is -2.03. The minimum absolute atomic E-state index is 0.0773. The van der Waals surface area contributed by atoms with Crippen LogP contribution in [-0.4, -0.2) is 12.9 Å². The van der Waals surface area contributed by atoms with Gasteiger partial charge in [0.25, 0.3) is 0 Å². The van der Waals surface area contributed by atoms with E-state index in [2.05, 4.69) is 0 Å². The van der Waals surface area contributed by atoms with Crippen molar-refractivity contribution in [2.24, 2.45) is 0 Å². The van der Waals surface area contributed by atoms with Crippen LogP contribution in [0, 0.1) is 0 Å². The van der Waals surface area contributed by atoms with Crippen molar-refractivity contribution < 1.29 is 13.9 Å². The molecule has 0 saturated carbocycles. The Labute approximate surface area is 118 Å². The highest BCUT2D eigenvalue weighted by atomic mass is 19.1. The summed E-state index contributed by atoms with van der Waals surface area (Å²) < 4.78 is 20.4. The number of carbonyl (C=O) groups excluding carboxylic acids is 1.